The number of sulfonamides is 1. The van der Waals surface area contributed by atoms with E-state index in [2.05, 4.69) is 20.7 Å². The standard InChI is InChI=1S/C9H12BrFN2O3S2/c1-17(14)3-2-13-18(15,16)9-5-8(12)7(11)4-6(9)10/h4-5,13H,2-3,12H2,1H3. The Hall–Kier alpha value is -0.510. The summed E-state index contributed by atoms with van der Waals surface area (Å²) < 4.78 is 50.0. The van der Waals surface area contributed by atoms with Crippen molar-refractivity contribution in [1.82, 2.24) is 4.72 Å². The minimum absolute atomic E-state index is 0.0369. The van der Waals surface area contributed by atoms with Crippen molar-refractivity contribution in [3.8, 4) is 0 Å². The van der Waals surface area contributed by atoms with E-state index in [4.69, 9.17) is 5.73 Å². The number of nitrogen functional groups attached to an aromatic ring is 1. The zero-order chi connectivity index (χ0) is 13.9. The number of hydrogen-bond acceptors (Lipinski definition) is 4. The molecule has 9 heteroatoms. The second-order valence-electron chi connectivity index (χ2n) is 3.48. The number of rotatable bonds is 5. The lowest BCUT2D eigenvalue weighted by Crippen LogP contribution is -2.28. The summed E-state index contributed by atoms with van der Waals surface area (Å²) in [5.74, 6) is -0.497. The van der Waals surface area contributed by atoms with E-state index in [9.17, 15) is 17.0 Å². The van der Waals surface area contributed by atoms with E-state index in [1.54, 1.807) is 0 Å². The van der Waals surface area contributed by atoms with Crippen LogP contribution in [0.25, 0.3) is 0 Å². The Labute approximate surface area is 116 Å². The van der Waals surface area contributed by atoms with Gasteiger partial charge in [0.05, 0.1) is 10.6 Å². The van der Waals surface area contributed by atoms with Crippen LogP contribution in [0.15, 0.2) is 21.5 Å². The van der Waals surface area contributed by atoms with Gasteiger partial charge in [0.1, 0.15) is 5.82 Å². The quantitative estimate of drug-likeness (QED) is 0.762. The van der Waals surface area contributed by atoms with Gasteiger partial charge < -0.3 is 5.73 Å². The van der Waals surface area contributed by atoms with Gasteiger partial charge in [0, 0.05) is 33.8 Å². The van der Waals surface area contributed by atoms with Crippen LogP contribution in [0.1, 0.15) is 0 Å². The Morgan fingerprint density at radius 1 is 1.50 bits per heavy atom. The lowest BCUT2D eigenvalue weighted by Gasteiger charge is -2.09. The summed E-state index contributed by atoms with van der Waals surface area (Å²) in [5.41, 5.74) is 5.07. The number of benzene rings is 1. The molecule has 0 spiro atoms. The van der Waals surface area contributed by atoms with Crippen LogP contribution in [0.2, 0.25) is 0 Å². The van der Waals surface area contributed by atoms with Gasteiger partial charge >= 0.3 is 0 Å². The van der Waals surface area contributed by atoms with Crippen LogP contribution in [0.3, 0.4) is 0 Å². The second kappa shape index (κ2) is 6.09. The van der Waals surface area contributed by atoms with Crippen LogP contribution in [-0.4, -0.2) is 31.2 Å². The molecule has 0 saturated heterocycles. The van der Waals surface area contributed by atoms with E-state index in [0.29, 0.717) is 0 Å². The van der Waals surface area contributed by atoms with Crippen molar-refractivity contribution in [2.24, 2.45) is 0 Å². The fourth-order valence-corrected chi connectivity index (χ4v) is 3.75. The van der Waals surface area contributed by atoms with Gasteiger partial charge in [-0.05, 0) is 28.1 Å². The highest BCUT2D eigenvalue weighted by Gasteiger charge is 2.19. The third kappa shape index (κ3) is 4.01. The monoisotopic (exact) mass is 358 g/mol. The van der Waals surface area contributed by atoms with E-state index in [0.717, 1.165) is 12.1 Å². The molecule has 0 saturated carbocycles. The molecule has 0 aliphatic rings. The zero-order valence-corrected chi connectivity index (χ0v) is 12.7. The van der Waals surface area contributed by atoms with Crippen LogP contribution in [0.4, 0.5) is 10.1 Å². The van der Waals surface area contributed by atoms with Gasteiger partial charge in [-0.25, -0.2) is 17.5 Å². The average molecular weight is 359 g/mol. The molecular formula is C9H12BrFN2O3S2. The van der Waals surface area contributed by atoms with E-state index >= 15 is 0 Å². The third-order valence-electron chi connectivity index (χ3n) is 2.02. The number of nitrogens with one attached hydrogen (secondary N) is 1. The first kappa shape index (κ1) is 15.5. The fourth-order valence-electron chi connectivity index (χ4n) is 1.15. The molecule has 0 bridgehead atoms. The third-order valence-corrected chi connectivity index (χ3v) is 5.22. The molecule has 1 atom stereocenters. The molecule has 0 amide bonds. The summed E-state index contributed by atoms with van der Waals surface area (Å²) in [6, 6.07) is 2.02. The molecule has 3 N–H and O–H groups in total. The van der Waals surface area contributed by atoms with E-state index in [1.165, 1.54) is 6.26 Å². The SMILES string of the molecule is CS(=O)CCNS(=O)(=O)c1cc(N)c(F)cc1Br. The number of nitrogens with two attached hydrogens (primary N) is 1. The summed E-state index contributed by atoms with van der Waals surface area (Å²) in [6.45, 7) is 0.0369. The zero-order valence-electron chi connectivity index (χ0n) is 9.44. The summed E-state index contributed by atoms with van der Waals surface area (Å²) in [5, 5.41) is 0. The lowest BCUT2D eigenvalue weighted by molar-refractivity contribution is 0.582. The van der Waals surface area contributed by atoms with Crippen LogP contribution in [0, 0.1) is 5.82 Å². The average Bonchev–Trinajstić information content (AvgIpc) is 2.22. The second-order valence-corrected chi connectivity index (χ2v) is 7.62. The number of hydrogen-bond donors (Lipinski definition) is 2. The Morgan fingerprint density at radius 3 is 2.67 bits per heavy atom. The molecule has 18 heavy (non-hydrogen) atoms. The van der Waals surface area contributed by atoms with Gasteiger partial charge in [0.25, 0.3) is 0 Å². The van der Waals surface area contributed by atoms with E-state index < -0.39 is 26.6 Å². The van der Waals surface area contributed by atoms with Gasteiger partial charge in [-0.3, -0.25) is 4.21 Å². The lowest BCUT2D eigenvalue weighted by atomic mass is 10.3. The largest absolute Gasteiger partial charge is 0.396 e. The first-order chi connectivity index (χ1) is 8.24. The van der Waals surface area contributed by atoms with Gasteiger partial charge in [0.2, 0.25) is 10.0 Å². The fraction of sp³-hybridized carbons (Fsp3) is 0.333. The maximum Gasteiger partial charge on any atom is 0.241 e. The van der Waals surface area contributed by atoms with Gasteiger partial charge in [0.15, 0.2) is 0 Å². The molecule has 0 radical (unpaired) electrons. The van der Waals surface area contributed by atoms with Crippen LogP contribution < -0.4 is 10.5 Å². The molecule has 5 nitrogen and oxygen atoms in total. The smallest absolute Gasteiger partial charge is 0.241 e. The molecular weight excluding hydrogens is 347 g/mol. The van der Waals surface area contributed by atoms with Crippen molar-refractivity contribution >= 4 is 42.4 Å². The molecule has 1 aromatic carbocycles. The van der Waals surface area contributed by atoms with E-state index in [-0.39, 0.29) is 27.4 Å². The first-order valence-electron chi connectivity index (χ1n) is 4.78. The maximum absolute atomic E-state index is 13.1. The number of anilines is 1. The van der Waals surface area contributed by atoms with Gasteiger partial charge in [-0.15, -0.1) is 0 Å². The highest BCUT2D eigenvalue weighted by molar-refractivity contribution is 9.10. The molecule has 0 fully saturated rings. The summed E-state index contributed by atoms with van der Waals surface area (Å²) in [4.78, 5) is -0.150. The summed E-state index contributed by atoms with van der Waals surface area (Å²) >= 11 is 2.96. The topological polar surface area (TPSA) is 89.3 Å². The van der Waals surface area contributed by atoms with Crippen LogP contribution in [-0.2, 0) is 20.8 Å². The van der Waals surface area contributed by atoms with Crippen molar-refractivity contribution in [2.45, 2.75) is 4.90 Å². The molecule has 102 valence electrons. The molecule has 0 aliphatic carbocycles. The minimum atomic E-state index is -3.80. The van der Waals surface area contributed by atoms with Gasteiger partial charge in [-0.2, -0.15) is 0 Å². The summed E-state index contributed by atoms with van der Waals surface area (Å²) in [6.07, 6.45) is 1.47. The number of halogens is 2. The van der Waals surface area contributed by atoms with E-state index in [1.807, 2.05) is 0 Å². The molecule has 0 aromatic heterocycles. The van der Waals surface area contributed by atoms with Crippen molar-refractivity contribution < 1.29 is 17.0 Å². The Balaban J connectivity index is 2.98. The van der Waals surface area contributed by atoms with Gasteiger partial charge in [-0.1, -0.05) is 0 Å². The highest BCUT2D eigenvalue weighted by atomic mass is 79.9. The molecule has 1 unspecified atom stereocenters. The first-order valence-corrected chi connectivity index (χ1v) is 8.78. The van der Waals surface area contributed by atoms with Crippen molar-refractivity contribution in [3.63, 3.8) is 0 Å². The van der Waals surface area contributed by atoms with Crippen LogP contribution >= 0.6 is 15.9 Å². The molecule has 1 aromatic rings. The molecule has 1 rings (SSSR count). The predicted molar refractivity (Wildman–Crippen MR) is 72.6 cm³/mol. The van der Waals surface area contributed by atoms with Crippen molar-refractivity contribution in [2.75, 3.05) is 24.3 Å². The Morgan fingerprint density at radius 2 is 2.11 bits per heavy atom. The minimum Gasteiger partial charge on any atom is -0.396 e. The molecule has 0 heterocycles. The normalized spacial score (nSPS) is 13.5. The van der Waals surface area contributed by atoms with Crippen LogP contribution in [0.5, 0.6) is 0 Å². The van der Waals surface area contributed by atoms with Crippen molar-refractivity contribution in [3.05, 3.63) is 22.4 Å². The molecule has 0 aliphatic heterocycles. The maximum atomic E-state index is 13.1. The highest BCUT2D eigenvalue weighted by Crippen LogP contribution is 2.26. The predicted octanol–water partition coefficient (Wildman–Crippen LogP) is 0.827. The van der Waals surface area contributed by atoms with Crippen molar-refractivity contribution in [1.29, 1.82) is 0 Å². The Kier molecular flexibility index (Phi) is 5.26. The summed E-state index contributed by atoms with van der Waals surface area (Å²) in [7, 11) is -4.90. The Bertz CT molecular complexity index is 577.